The Hall–Kier alpha value is -2.23. The van der Waals surface area contributed by atoms with Gasteiger partial charge in [-0.3, -0.25) is 4.79 Å². The minimum Gasteiger partial charge on any atom is -0.481 e. The molecule has 0 aliphatic heterocycles. The number of aromatic nitrogens is 2. The Morgan fingerprint density at radius 1 is 1.25 bits per heavy atom. The highest BCUT2D eigenvalue weighted by atomic mass is 16.4. The topological polar surface area (TPSA) is 63.1 Å². The van der Waals surface area contributed by atoms with Crippen LogP contribution in [0.2, 0.25) is 0 Å². The summed E-state index contributed by atoms with van der Waals surface area (Å²) in [6.45, 7) is 0. The molecule has 3 rings (SSSR count). The van der Waals surface area contributed by atoms with Gasteiger partial charge in [-0.05, 0) is 41.9 Å². The molecule has 1 atom stereocenters. The normalized spacial score (nSPS) is 17.5. The highest BCUT2D eigenvalue weighted by Crippen LogP contribution is 2.36. The third kappa shape index (κ3) is 2.54. The number of hydrogen-bond acceptors (Lipinski definition) is 3. The Labute approximate surface area is 117 Å². The number of hydrogen-bond donors (Lipinski definition) is 1. The first-order chi connectivity index (χ1) is 9.74. The molecule has 1 aromatic carbocycles. The summed E-state index contributed by atoms with van der Waals surface area (Å²) >= 11 is 0. The lowest BCUT2D eigenvalue weighted by molar-refractivity contribution is -0.137. The van der Waals surface area contributed by atoms with Crippen molar-refractivity contribution in [2.75, 3.05) is 0 Å². The van der Waals surface area contributed by atoms with Gasteiger partial charge in [-0.1, -0.05) is 18.2 Å². The first-order valence-corrected chi connectivity index (χ1v) is 6.84. The van der Waals surface area contributed by atoms with Crippen LogP contribution < -0.4 is 0 Å². The maximum atomic E-state index is 11.0. The Balaban J connectivity index is 1.99. The van der Waals surface area contributed by atoms with E-state index in [0.29, 0.717) is 0 Å². The Kier molecular flexibility index (Phi) is 3.46. The molecule has 1 N–H and O–H groups in total. The molecule has 2 aromatic rings. The molecule has 1 unspecified atom stereocenters. The van der Waals surface area contributed by atoms with Crippen molar-refractivity contribution in [3.05, 3.63) is 48.0 Å². The molecule has 102 valence electrons. The minimum atomic E-state index is -0.726. The van der Waals surface area contributed by atoms with E-state index in [0.717, 1.165) is 30.4 Å². The Morgan fingerprint density at radius 3 is 2.80 bits per heavy atom. The van der Waals surface area contributed by atoms with Crippen LogP contribution in [0.15, 0.2) is 36.9 Å². The summed E-state index contributed by atoms with van der Waals surface area (Å²) in [6, 6.07) is 6.30. The van der Waals surface area contributed by atoms with Gasteiger partial charge in [-0.15, -0.1) is 0 Å². The zero-order valence-corrected chi connectivity index (χ0v) is 11.1. The number of carboxylic acids is 1. The van der Waals surface area contributed by atoms with E-state index >= 15 is 0 Å². The van der Waals surface area contributed by atoms with Gasteiger partial charge in [0.05, 0.1) is 6.42 Å². The monoisotopic (exact) mass is 268 g/mol. The molecule has 20 heavy (non-hydrogen) atoms. The molecule has 1 heterocycles. The number of rotatable bonds is 3. The minimum absolute atomic E-state index is 0.126. The molecule has 0 fully saturated rings. The fourth-order valence-corrected chi connectivity index (χ4v) is 2.95. The third-order valence-electron chi connectivity index (χ3n) is 3.90. The summed E-state index contributed by atoms with van der Waals surface area (Å²) < 4.78 is 0. The number of carboxylic acid groups (broad SMARTS) is 1. The van der Waals surface area contributed by atoms with Crippen LogP contribution in [-0.4, -0.2) is 21.0 Å². The van der Waals surface area contributed by atoms with Crippen molar-refractivity contribution in [1.82, 2.24) is 9.97 Å². The summed E-state index contributed by atoms with van der Waals surface area (Å²) in [5.41, 5.74) is 4.49. The second-order valence-corrected chi connectivity index (χ2v) is 5.23. The maximum Gasteiger partial charge on any atom is 0.303 e. The number of nitrogens with zero attached hydrogens (tertiary/aromatic N) is 2. The van der Waals surface area contributed by atoms with Gasteiger partial charge < -0.3 is 5.11 Å². The molecule has 0 amide bonds. The van der Waals surface area contributed by atoms with Crippen molar-refractivity contribution in [1.29, 1.82) is 0 Å². The SMILES string of the molecule is O=C(O)CC1CCCc2ccc(-c3cncnc3)cc21. The van der Waals surface area contributed by atoms with Crippen LogP contribution in [0, 0.1) is 0 Å². The third-order valence-corrected chi connectivity index (χ3v) is 3.90. The van der Waals surface area contributed by atoms with E-state index in [2.05, 4.69) is 28.2 Å². The molecular weight excluding hydrogens is 252 g/mol. The lowest BCUT2D eigenvalue weighted by Gasteiger charge is -2.25. The van der Waals surface area contributed by atoms with Crippen LogP contribution in [0.25, 0.3) is 11.1 Å². The van der Waals surface area contributed by atoms with Crippen LogP contribution in [0.5, 0.6) is 0 Å². The van der Waals surface area contributed by atoms with Gasteiger partial charge in [0, 0.05) is 18.0 Å². The van der Waals surface area contributed by atoms with Crippen LogP contribution >= 0.6 is 0 Å². The van der Waals surface area contributed by atoms with Crippen LogP contribution in [0.4, 0.5) is 0 Å². The van der Waals surface area contributed by atoms with Crippen molar-refractivity contribution < 1.29 is 9.90 Å². The van der Waals surface area contributed by atoms with E-state index in [1.807, 2.05) is 0 Å². The van der Waals surface area contributed by atoms with Crippen molar-refractivity contribution >= 4 is 5.97 Å². The quantitative estimate of drug-likeness (QED) is 0.929. The average Bonchev–Trinajstić information content (AvgIpc) is 2.47. The van der Waals surface area contributed by atoms with E-state index in [1.165, 1.54) is 17.5 Å². The second kappa shape index (κ2) is 5.41. The van der Waals surface area contributed by atoms with Crippen molar-refractivity contribution in [2.24, 2.45) is 0 Å². The molecule has 1 aliphatic rings. The van der Waals surface area contributed by atoms with Gasteiger partial charge in [-0.2, -0.15) is 0 Å². The summed E-state index contributed by atoms with van der Waals surface area (Å²) in [6.07, 6.45) is 8.34. The summed E-state index contributed by atoms with van der Waals surface area (Å²) in [5.74, 6) is -0.600. The molecule has 1 aliphatic carbocycles. The molecule has 4 nitrogen and oxygen atoms in total. The van der Waals surface area contributed by atoms with E-state index in [1.54, 1.807) is 12.4 Å². The smallest absolute Gasteiger partial charge is 0.303 e. The standard InChI is InChI=1S/C16H16N2O2/c19-16(20)7-13-3-1-2-11-4-5-12(6-15(11)13)14-8-17-10-18-9-14/h4-6,8-10,13H,1-3,7H2,(H,19,20). The van der Waals surface area contributed by atoms with Gasteiger partial charge >= 0.3 is 5.97 Å². The summed E-state index contributed by atoms with van der Waals surface area (Å²) in [5, 5.41) is 9.06. The van der Waals surface area contributed by atoms with Gasteiger partial charge in [0.2, 0.25) is 0 Å². The lowest BCUT2D eigenvalue weighted by Crippen LogP contribution is -2.13. The van der Waals surface area contributed by atoms with Gasteiger partial charge in [0.1, 0.15) is 6.33 Å². The molecule has 1 aromatic heterocycles. The molecule has 0 saturated carbocycles. The van der Waals surface area contributed by atoms with Gasteiger partial charge in [0.25, 0.3) is 0 Å². The average molecular weight is 268 g/mol. The first kappa shape index (κ1) is 12.8. The number of aliphatic carboxylic acids is 1. The largest absolute Gasteiger partial charge is 0.481 e. The molecule has 4 heteroatoms. The van der Waals surface area contributed by atoms with E-state index < -0.39 is 5.97 Å². The zero-order valence-electron chi connectivity index (χ0n) is 11.1. The molecular formula is C16H16N2O2. The van der Waals surface area contributed by atoms with Crippen molar-refractivity contribution in [3.63, 3.8) is 0 Å². The molecule has 0 spiro atoms. The van der Waals surface area contributed by atoms with E-state index in [9.17, 15) is 4.79 Å². The number of fused-ring (bicyclic) bond motifs is 1. The first-order valence-electron chi connectivity index (χ1n) is 6.84. The van der Waals surface area contributed by atoms with Crippen molar-refractivity contribution in [2.45, 2.75) is 31.6 Å². The number of benzene rings is 1. The Bertz CT molecular complexity index is 626. The summed E-state index contributed by atoms with van der Waals surface area (Å²) in [7, 11) is 0. The number of aryl methyl sites for hydroxylation is 1. The van der Waals surface area contributed by atoms with E-state index in [4.69, 9.17) is 5.11 Å². The molecule has 0 bridgehead atoms. The zero-order chi connectivity index (χ0) is 13.9. The molecule has 0 saturated heterocycles. The highest BCUT2D eigenvalue weighted by Gasteiger charge is 2.22. The van der Waals surface area contributed by atoms with Gasteiger partial charge in [-0.25, -0.2) is 9.97 Å². The fraction of sp³-hybridized carbons (Fsp3) is 0.312. The fourth-order valence-electron chi connectivity index (χ4n) is 2.95. The van der Waals surface area contributed by atoms with Crippen molar-refractivity contribution in [3.8, 4) is 11.1 Å². The summed E-state index contributed by atoms with van der Waals surface area (Å²) in [4.78, 5) is 19.1. The molecule has 0 radical (unpaired) electrons. The predicted octanol–water partition coefficient (Wildman–Crippen LogP) is 3.04. The second-order valence-electron chi connectivity index (χ2n) is 5.23. The van der Waals surface area contributed by atoms with E-state index in [-0.39, 0.29) is 12.3 Å². The Morgan fingerprint density at radius 2 is 2.05 bits per heavy atom. The van der Waals surface area contributed by atoms with Crippen LogP contribution in [0.1, 0.15) is 36.3 Å². The van der Waals surface area contributed by atoms with Gasteiger partial charge in [0.15, 0.2) is 0 Å². The van der Waals surface area contributed by atoms with Crippen LogP contribution in [-0.2, 0) is 11.2 Å². The predicted molar refractivity (Wildman–Crippen MR) is 75.4 cm³/mol. The van der Waals surface area contributed by atoms with Crippen LogP contribution in [0.3, 0.4) is 0 Å². The lowest BCUT2D eigenvalue weighted by atomic mass is 9.80. The maximum absolute atomic E-state index is 11.0. The highest BCUT2D eigenvalue weighted by molar-refractivity contribution is 5.69. The number of carbonyl (C=O) groups is 1.